The molecule has 0 fully saturated rings. The first-order chi connectivity index (χ1) is 12.8. The highest BCUT2D eigenvalue weighted by Gasteiger charge is 2.33. The zero-order valence-electron chi connectivity index (χ0n) is 14.3. The highest BCUT2D eigenvalue weighted by atomic mass is 35.5. The highest BCUT2D eigenvalue weighted by molar-refractivity contribution is 6.35. The number of aryl methyl sites for hydroxylation is 1. The molecule has 0 spiro atoms. The molecule has 0 aliphatic carbocycles. The number of hydrogen-bond donors (Lipinski definition) is 1. The van der Waals surface area contributed by atoms with Crippen molar-refractivity contribution in [2.75, 3.05) is 5.32 Å². The summed E-state index contributed by atoms with van der Waals surface area (Å²) in [5.74, 6) is -0.236. The van der Waals surface area contributed by atoms with E-state index >= 15 is 0 Å². The van der Waals surface area contributed by atoms with Gasteiger partial charge in [-0.25, -0.2) is 0 Å². The Hall–Kier alpha value is -2.79. The van der Waals surface area contributed by atoms with Crippen molar-refractivity contribution in [3.8, 4) is 0 Å². The Labute approximate surface area is 159 Å². The third-order valence-corrected chi connectivity index (χ3v) is 4.43. The summed E-state index contributed by atoms with van der Waals surface area (Å²) >= 11 is 6.24. The molecule has 27 heavy (non-hydrogen) atoms. The fourth-order valence-corrected chi connectivity index (χ4v) is 3.01. The van der Waals surface area contributed by atoms with E-state index in [1.54, 1.807) is 12.1 Å². The summed E-state index contributed by atoms with van der Waals surface area (Å²) in [6.45, 7) is 1.82. The van der Waals surface area contributed by atoms with Crippen LogP contribution in [0.3, 0.4) is 0 Å². The summed E-state index contributed by atoms with van der Waals surface area (Å²) in [7, 11) is 0. The highest BCUT2D eigenvalue weighted by Crippen LogP contribution is 2.36. The first-order valence-electron chi connectivity index (χ1n) is 8.10. The summed E-state index contributed by atoms with van der Waals surface area (Å²) in [5.41, 5.74) is 1.14. The van der Waals surface area contributed by atoms with Gasteiger partial charge in [-0.1, -0.05) is 48.0 Å². The molecule has 0 aromatic heterocycles. The maximum absolute atomic E-state index is 13.1. The van der Waals surface area contributed by atoms with E-state index in [9.17, 15) is 18.0 Å². The topological polar surface area (TPSA) is 29.1 Å². The molecule has 0 atom stereocenters. The number of para-hydroxylation sites is 1. The summed E-state index contributed by atoms with van der Waals surface area (Å²) in [6, 6.07) is 16.8. The number of ketones is 1. The average Bonchev–Trinajstić information content (AvgIpc) is 2.61. The van der Waals surface area contributed by atoms with E-state index < -0.39 is 11.7 Å². The SMILES string of the molecule is Cc1ccccc1C(=O)c1ccc(Nc2ccccc2C(F)(F)F)cc1Cl. The van der Waals surface area contributed by atoms with Gasteiger partial charge < -0.3 is 5.32 Å². The molecule has 0 saturated carbocycles. The number of halogens is 4. The maximum Gasteiger partial charge on any atom is 0.418 e. The predicted molar refractivity (Wildman–Crippen MR) is 101 cm³/mol. The molecular formula is C21H15ClF3NO. The summed E-state index contributed by atoms with van der Waals surface area (Å²) in [6.07, 6.45) is -4.48. The molecule has 3 rings (SSSR count). The Bertz CT molecular complexity index is 999. The summed E-state index contributed by atoms with van der Waals surface area (Å²) < 4.78 is 39.3. The standard InChI is InChI=1S/C21H15ClF3NO/c1-13-6-2-3-7-15(13)20(27)16-11-10-14(12-18(16)22)26-19-9-5-4-8-17(19)21(23,24)25/h2-12,26H,1H3. The van der Waals surface area contributed by atoms with E-state index in [2.05, 4.69) is 5.32 Å². The average molecular weight is 390 g/mol. The van der Waals surface area contributed by atoms with Crippen molar-refractivity contribution in [2.45, 2.75) is 13.1 Å². The van der Waals surface area contributed by atoms with Crippen LogP contribution in [0.4, 0.5) is 24.5 Å². The first kappa shape index (κ1) is 19.0. The van der Waals surface area contributed by atoms with Crippen molar-refractivity contribution in [1.82, 2.24) is 0 Å². The van der Waals surface area contributed by atoms with Crippen molar-refractivity contribution in [2.24, 2.45) is 0 Å². The lowest BCUT2D eigenvalue weighted by Crippen LogP contribution is -2.09. The lowest BCUT2D eigenvalue weighted by molar-refractivity contribution is -0.136. The van der Waals surface area contributed by atoms with E-state index in [1.807, 2.05) is 19.1 Å². The fraction of sp³-hybridized carbons (Fsp3) is 0.0952. The molecule has 0 bridgehead atoms. The van der Waals surface area contributed by atoms with Crippen LogP contribution in [0.1, 0.15) is 27.0 Å². The molecule has 138 valence electrons. The second-order valence-corrected chi connectivity index (χ2v) is 6.41. The second-order valence-electron chi connectivity index (χ2n) is 6.01. The molecule has 2 nitrogen and oxygen atoms in total. The van der Waals surface area contributed by atoms with Gasteiger partial charge >= 0.3 is 6.18 Å². The third-order valence-electron chi connectivity index (χ3n) is 4.11. The number of anilines is 2. The first-order valence-corrected chi connectivity index (χ1v) is 8.48. The maximum atomic E-state index is 13.1. The third kappa shape index (κ3) is 4.14. The van der Waals surface area contributed by atoms with Gasteiger partial charge in [0.2, 0.25) is 0 Å². The number of benzene rings is 3. The molecule has 0 heterocycles. The second kappa shape index (κ2) is 7.45. The van der Waals surface area contributed by atoms with E-state index in [1.165, 1.54) is 36.4 Å². The molecule has 0 saturated heterocycles. The fourth-order valence-electron chi connectivity index (χ4n) is 2.74. The van der Waals surface area contributed by atoms with Gasteiger partial charge in [-0.2, -0.15) is 13.2 Å². The molecule has 0 amide bonds. The van der Waals surface area contributed by atoms with Crippen LogP contribution in [0.5, 0.6) is 0 Å². The van der Waals surface area contributed by atoms with Crippen LogP contribution in [0.25, 0.3) is 0 Å². The lowest BCUT2D eigenvalue weighted by Gasteiger charge is -2.15. The van der Waals surface area contributed by atoms with Crippen molar-refractivity contribution in [3.05, 3.63) is 94.0 Å². The van der Waals surface area contributed by atoms with Gasteiger partial charge in [0, 0.05) is 16.8 Å². The van der Waals surface area contributed by atoms with Gasteiger partial charge in [-0.05, 0) is 42.8 Å². The number of alkyl halides is 3. The predicted octanol–water partition coefficient (Wildman–Crippen LogP) is 6.64. The number of carbonyl (C=O) groups excluding carboxylic acids is 1. The Morgan fingerprint density at radius 1 is 0.926 bits per heavy atom. The number of nitrogens with one attached hydrogen (secondary N) is 1. The minimum Gasteiger partial charge on any atom is -0.355 e. The van der Waals surface area contributed by atoms with Gasteiger partial charge in [0.1, 0.15) is 0 Å². The van der Waals surface area contributed by atoms with Crippen LogP contribution < -0.4 is 5.32 Å². The van der Waals surface area contributed by atoms with Crippen LogP contribution in [0.15, 0.2) is 66.7 Å². The molecular weight excluding hydrogens is 375 g/mol. The van der Waals surface area contributed by atoms with Gasteiger partial charge in [0.05, 0.1) is 16.3 Å². The van der Waals surface area contributed by atoms with Crippen molar-refractivity contribution in [1.29, 1.82) is 0 Å². The molecule has 1 N–H and O–H groups in total. The Balaban J connectivity index is 1.91. The summed E-state index contributed by atoms with van der Waals surface area (Å²) in [5, 5.41) is 2.89. The molecule has 0 unspecified atom stereocenters. The van der Waals surface area contributed by atoms with E-state index in [4.69, 9.17) is 11.6 Å². The zero-order valence-corrected chi connectivity index (χ0v) is 15.0. The van der Waals surface area contributed by atoms with Gasteiger partial charge in [-0.15, -0.1) is 0 Å². The van der Waals surface area contributed by atoms with Crippen LogP contribution in [-0.4, -0.2) is 5.78 Å². The Morgan fingerprint density at radius 2 is 1.59 bits per heavy atom. The normalized spacial score (nSPS) is 11.3. The van der Waals surface area contributed by atoms with Crippen molar-refractivity contribution < 1.29 is 18.0 Å². The molecule has 3 aromatic rings. The van der Waals surface area contributed by atoms with E-state index in [-0.39, 0.29) is 16.5 Å². The lowest BCUT2D eigenvalue weighted by atomic mass is 9.99. The minimum atomic E-state index is -4.48. The smallest absolute Gasteiger partial charge is 0.355 e. The number of hydrogen-bond acceptors (Lipinski definition) is 2. The quantitative estimate of drug-likeness (QED) is 0.506. The van der Waals surface area contributed by atoms with Crippen molar-refractivity contribution in [3.63, 3.8) is 0 Å². The number of rotatable bonds is 4. The zero-order chi connectivity index (χ0) is 19.6. The Morgan fingerprint density at radius 3 is 2.26 bits per heavy atom. The molecule has 3 aromatic carbocycles. The number of carbonyl (C=O) groups is 1. The molecule has 0 radical (unpaired) electrons. The van der Waals surface area contributed by atoms with Gasteiger partial charge in [0.15, 0.2) is 5.78 Å². The van der Waals surface area contributed by atoms with E-state index in [0.29, 0.717) is 16.8 Å². The van der Waals surface area contributed by atoms with Crippen LogP contribution in [-0.2, 0) is 6.18 Å². The van der Waals surface area contributed by atoms with Crippen LogP contribution in [0, 0.1) is 6.92 Å². The Kier molecular flexibility index (Phi) is 5.24. The molecule has 6 heteroatoms. The summed E-state index contributed by atoms with van der Waals surface area (Å²) in [4.78, 5) is 12.7. The molecule has 0 aliphatic heterocycles. The van der Waals surface area contributed by atoms with Crippen LogP contribution in [0.2, 0.25) is 5.02 Å². The van der Waals surface area contributed by atoms with Gasteiger partial charge in [-0.3, -0.25) is 4.79 Å². The van der Waals surface area contributed by atoms with E-state index in [0.717, 1.165) is 11.6 Å². The monoisotopic (exact) mass is 389 g/mol. The van der Waals surface area contributed by atoms with Gasteiger partial charge in [0.25, 0.3) is 0 Å². The van der Waals surface area contributed by atoms with Crippen LogP contribution >= 0.6 is 11.6 Å². The minimum absolute atomic E-state index is 0.0842. The van der Waals surface area contributed by atoms with Crippen molar-refractivity contribution >= 4 is 28.8 Å². The largest absolute Gasteiger partial charge is 0.418 e. The molecule has 0 aliphatic rings.